The van der Waals surface area contributed by atoms with Gasteiger partial charge in [-0.15, -0.1) is 0 Å². The summed E-state index contributed by atoms with van der Waals surface area (Å²) in [6, 6.07) is 0. The lowest BCUT2D eigenvalue weighted by molar-refractivity contribution is -0.00000668. The molecule has 0 N–H and O–H groups in total. The number of nitrogens with zero attached hydrogens (tertiary/aromatic N) is 1. The molecule has 4 bridgehead atoms. The van der Waals surface area contributed by atoms with Crippen LogP contribution in [0, 0.1) is 23.2 Å². The molecule has 0 aromatic carbocycles. The monoisotopic (exact) mass is 270 g/mol. The highest BCUT2D eigenvalue weighted by Gasteiger charge is 2.47. The average molecular weight is 271 g/mol. The lowest BCUT2D eigenvalue weighted by atomic mass is 9.61. The molecule has 0 aromatic heterocycles. The molecule has 0 heterocycles. The van der Waals surface area contributed by atoms with Crippen molar-refractivity contribution in [2.45, 2.75) is 58.8 Å². The van der Waals surface area contributed by atoms with E-state index in [0.29, 0.717) is 0 Å². The van der Waals surface area contributed by atoms with Crippen LogP contribution >= 0.6 is 0 Å². The molecule has 2 unspecified atom stereocenters. The Labute approximate surface area is 119 Å². The van der Waals surface area contributed by atoms with Crippen LogP contribution < -0.4 is 12.4 Å². The number of hydrogen-bond acceptors (Lipinski definition) is 1. The van der Waals surface area contributed by atoms with Crippen LogP contribution in [0.4, 0.5) is 0 Å². The summed E-state index contributed by atoms with van der Waals surface area (Å²) in [4.78, 5) is 2.69. The van der Waals surface area contributed by atoms with Crippen molar-refractivity contribution in [3.8, 4) is 0 Å². The van der Waals surface area contributed by atoms with Crippen LogP contribution in [0.1, 0.15) is 58.8 Å². The Kier molecular flexibility index (Phi) is 4.65. The van der Waals surface area contributed by atoms with Gasteiger partial charge in [0.05, 0.1) is 0 Å². The Balaban J connectivity index is 0.00000120. The number of rotatable bonds is 4. The van der Waals surface area contributed by atoms with Crippen LogP contribution in [0.5, 0.6) is 0 Å². The highest BCUT2D eigenvalue weighted by atomic mass is 35.5. The second-order valence-corrected chi connectivity index (χ2v) is 7.21. The molecule has 1 nitrogen and oxygen atoms in total. The Morgan fingerprint density at radius 1 is 0.944 bits per heavy atom. The second kappa shape index (κ2) is 5.71. The van der Waals surface area contributed by atoms with E-state index in [2.05, 4.69) is 18.7 Å². The smallest absolute Gasteiger partial charge is 0.00379 e. The lowest BCUT2D eigenvalue weighted by Crippen LogP contribution is -3.00. The summed E-state index contributed by atoms with van der Waals surface area (Å²) in [5.74, 6) is 3.32. The van der Waals surface area contributed by atoms with Crippen LogP contribution in [0.2, 0.25) is 0 Å². The fourth-order valence-corrected chi connectivity index (χ4v) is 5.42. The minimum Gasteiger partial charge on any atom is -1.00 e. The van der Waals surface area contributed by atoms with Gasteiger partial charge in [0.1, 0.15) is 0 Å². The first kappa shape index (κ1) is 14.7. The molecule has 0 saturated heterocycles. The predicted octanol–water partition coefficient (Wildman–Crippen LogP) is 0.939. The Hall–Kier alpha value is 0.250. The summed E-state index contributed by atoms with van der Waals surface area (Å²) in [6.07, 6.45) is 11.0. The molecular weight excluding hydrogens is 242 g/mol. The first-order valence-corrected chi connectivity index (χ1v) is 7.95. The van der Waals surface area contributed by atoms with Crippen LogP contribution in [-0.4, -0.2) is 24.5 Å². The first-order valence-electron chi connectivity index (χ1n) is 7.95. The SMILES string of the molecule is CCN(CC)CC12CCC3CC(CC(C3)C1)C2.[Cl-]. The van der Waals surface area contributed by atoms with Gasteiger partial charge in [-0.25, -0.2) is 0 Å². The molecule has 4 rings (SSSR count). The third-order valence-corrected chi connectivity index (χ3v) is 5.98. The van der Waals surface area contributed by atoms with Gasteiger partial charge in [0, 0.05) is 6.54 Å². The maximum absolute atomic E-state index is 2.69. The summed E-state index contributed by atoms with van der Waals surface area (Å²) in [5, 5.41) is 0. The molecule has 4 fully saturated rings. The molecular formula is C16H29ClN-. The fraction of sp³-hybridized carbons (Fsp3) is 1.00. The third-order valence-electron chi connectivity index (χ3n) is 5.98. The standard InChI is InChI=1S/C16H29N.ClH/c1-3-17(4-2)12-16-6-5-13-7-14(10-16)9-15(8-13)11-16;/h13-15H,3-12H2,1-2H3;1H/p-1. The van der Waals surface area contributed by atoms with Crippen LogP contribution in [0.3, 0.4) is 0 Å². The lowest BCUT2D eigenvalue weighted by Gasteiger charge is -2.47. The van der Waals surface area contributed by atoms with E-state index in [1.165, 1.54) is 19.6 Å². The van der Waals surface area contributed by atoms with Crippen molar-refractivity contribution in [1.29, 1.82) is 0 Å². The summed E-state index contributed by atoms with van der Waals surface area (Å²) in [7, 11) is 0. The van der Waals surface area contributed by atoms with Crippen molar-refractivity contribution in [3.63, 3.8) is 0 Å². The molecule has 0 amide bonds. The summed E-state index contributed by atoms with van der Waals surface area (Å²) < 4.78 is 0. The highest BCUT2D eigenvalue weighted by Crippen LogP contribution is 2.57. The quantitative estimate of drug-likeness (QED) is 0.735. The number of hydrogen-bond donors (Lipinski definition) is 0. The molecule has 0 aromatic rings. The number of halogens is 1. The molecule has 4 aliphatic rings. The third kappa shape index (κ3) is 2.72. The van der Waals surface area contributed by atoms with E-state index in [1.54, 1.807) is 44.9 Å². The van der Waals surface area contributed by atoms with Crippen LogP contribution in [-0.2, 0) is 0 Å². The molecule has 2 atom stereocenters. The fourth-order valence-electron chi connectivity index (χ4n) is 5.42. The van der Waals surface area contributed by atoms with E-state index in [0.717, 1.165) is 23.2 Å². The van der Waals surface area contributed by atoms with Gasteiger partial charge in [-0.1, -0.05) is 13.8 Å². The minimum absolute atomic E-state index is 0. The van der Waals surface area contributed by atoms with Crippen molar-refractivity contribution in [2.75, 3.05) is 19.6 Å². The topological polar surface area (TPSA) is 3.24 Å². The van der Waals surface area contributed by atoms with Gasteiger partial charge in [-0.3, -0.25) is 0 Å². The number of fused-ring (bicyclic) bond motifs is 1. The Morgan fingerprint density at radius 2 is 1.50 bits per heavy atom. The molecule has 0 spiro atoms. The maximum Gasteiger partial charge on any atom is 0.00379 e. The van der Waals surface area contributed by atoms with E-state index in [1.807, 2.05) is 0 Å². The van der Waals surface area contributed by atoms with Gasteiger partial charge in [-0.05, 0) is 81.2 Å². The zero-order chi connectivity index (χ0) is 11.9. The van der Waals surface area contributed by atoms with Gasteiger partial charge < -0.3 is 17.3 Å². The molecule has 2 heteroatoms. The molecule has 0 radical (unpaired) electrons. The van der Waals surface area contributed by atoms with Crippen LogP contribution in [0.15, 0.2) is 0 Å². The molecule has 18 heavy (non-hydrogen) atoms. The van der Waals surface area contributed by atoms with Gasteiger partial charge in [-0.2, -0.15) is 0 Å². The molecule has 4 saturated carbocycles. The van der Waals surface area contributed by atoms with E-state index in [4.69, 9.17) is 0 Å². The van der Waals surface area contributed by atoms with Gasteiger partial charge >= 0.3 is 0 Å². The van der Waals surface area contributed by atoms with Crippen molar-refractivity contribution >= 4 is 0 Å². The van der Waals surface area contributed by atoms with E-state index in [9.17, 15) is 0 Å². The zero-order valence-corrected chi connectivity index (χ0v) is 12.9. The normalized spacial score (nSPS) is 41.8. The summed E-state index contributed by atoms with van der Waals surface area (Å²) in [5.41, 5.74) is 0.727. The zero-order valence-electron chi connectivity index (χ0n) is 12.1. The van der Waals surface area contributed by atoms with Gasteiger partial charge in [0.15, 0.2) is 0 Å². The first-order chi connectivity index (χ1) is 8.23. The molecule has 4 aliphatic carbocycles. The van der Waals surface area contributed by atoms with Crippen molar-refractivity contribution in [1.82, 2.24) is 4.90 Å². The Bertz CT molecular complexity index is 260. The van der Waals surface area contributed by atoms with E-state index < -0.39 is 0 Å². The van der Waals surface area contributed by atoms with Crippen molar-refractivity contribution in [2.24, 2.45) is 23.2 Å². The second-order valence-electron chi connectivity index (χ2n) is 7.21. The predicted molar refractivity (Wildman–Crippen MR) is 73.0 cm³/mol. The van der Waals surface area contributed by atoms with Gasteiger partial charge in [0.2, 0.25) is 0 Å². The van der Waals surface area contributed by atoms with E-state index >= 15 is 0 Å². The Morgan fingerprint density at radius 3 is 2.06 bits per heavy atom. The van der Waals surface area contributed by atoms with Crippen molar-refractivity contribution in [3.05, 3.63) is 0 Å². The van der Waals surface area contributed by atoms with Crippen LogP contribution in [0.25, 0.3) is 0 Å². The van der Waals surface area contributed by atoms with Gasteiger partial charge in [0.25, 0.3) is 0 Å². The maximum atomic E-state index is 2.69. The van der Waals surface area contributed by atoms with E-state index in [-0.39, 0.29) is 12.4 Å². The minimum atomic E-state index is 0. The molecule has 0 aliphatic heterocycles. The molecule has 106 valence electrons. The largest absolute Gasteiger partial charge is 1.00 e. The highest BCUT2D eigenvalue weighted by molar-refractivity contribution is 4.99. The average Bonchev–Trinajstić information content (AvgIpc) is 2.51. The van der Waals surface area contributed by atoms with Crippen molar-refractivity contribution < 1.29 is 12.4 Å². The summed E-state index contributed by atoms with van der Waals surface area (Å²) >= 11 is 0. The summed E-state index contributed by atoms with van der Waals surface area (Å²) in [6.45, 7) is 8.56.